The zero-order chi connectivity index (χ0) is 13.7. The first-order chi connectivity index (χ1) is 9.19. The zero-order valence-corrected chi connectivity index (χ0v) is 11.8. The standard InChI is InChI=1S/C14H18N2O2S/c1-2-18-13-5-3-11(4-6-13)15-14(19)16-9-7-12(17)8-10-16/h3-6H,2,7-10H2,1H3,(H,15,19). The van der Waals surface area contributed by atoms with Crippen LogP contribution in [-0.2, 0) is 4.79 Å². The summed E-state index contributed by atoms with van der Waals surface area (Å²) in [6.45, 7) is 4.04. The maximum atomic E-state index is 11.2. The average Bonchev–Trinajstić information content (AvgIpc) is 2.42. The highest BCUT2D eigenvalue weighted by Gasteiger charge is 2.18. The molecule has 0 bridgehead atoms. The van der Waals surface area contributed by atoms with Crippen LogP contribution in [0.5, 0.6) is 5.75 Å². The van der Waals surface area contributed by atoms with Crippen molar-refractivity contribution in [1.82, 2.24) is 4.90 Å². The maximum absolute atomic E-state index is 11.2. The first-order valence-corrected chi connectivity index (χ1v) is 6.90. The molecule has 0 aliphatic carbocycles. The molecule has 0 aromatic heterocycles. The summed E-state index contributed by atoms with van der Waals surface area (Å²) in [4.78, 5) is 13.2. The Hall–Kier alpha value is -1.62. The van der Waals surface area contributed by atoms with Gasteiger partial charge in [-0.25, -0.2) is 0 Å². The number of likely N-dealkylation sites (tertiary alicyclic amines) is 1. The summed E-state index contributed by atoms with van der Waals surface area (Å²) in [6.07, 6.45) is 1.18. The smallest absolute Gasteiger partial charge is 0.173 e. The molecular formula is C14H18N2O2S. The van der Waals surface area contributed by atoms with Crippen LogP contribution in [0.1, 0.15) is 19.8 Å². The number of benzene rings is 1. The minimum absolute atomic E-state index is 0.320. The lowest BCUT2D eigenvalue weighted by Gasteiger charge is -2.28. The minimum atomic E-state index is 0.320. The van der Waals surface area contributed by atoms with Crippen molar-refractivity contribution in [3.8, 4) is 5.75 Å². The molecule has 1 heterocycles. The van der Waals surface area contributed by atoms with E-state index in [-0.39, 0.29) is 0 Å². The predicted octanol–water partition coefficient (Wildman–Crippen LogP) is 2.45. The van der Waals surface area contributed by atoms with E-state index in [2.05, 4.69) is 5.32 Å². The fourth-order valence-electron chi connectivity index (χ4n) is 1.96. The number of Topliss-reactive ketones (excluding diaryl/α,β-unsaturated/α-hetero) is 1. The molecule has 1 N–H and O–H groups in total. The molecule has 0 unspecified atom stereocenters. The van der Waals surface area contributed by atoms with Crippen molar-refractivity contribution in [2.75, 3.05) is 25.0 Å². The minimum Gasteiger partial charge on any atom is -0.494 e. The Balaban J connectivity index is 1.89. The molecule has 1 fully saturated rings. The van der Waals surface area contributed by atoms with Crippen molar-refractivity contribution in [2.45, 2.75) is 19.8 Å². The molecule has 1 aromatic carbocycles. The van der Waals surface area contributed by atoms with E-state index in [4.69, 9.17) is 17.0 Å². The van der Waals surface area contributed by atoms with Gasteiger partial charge in [0.1, 0.15) is 11.5 Å². The first-order valence-electron chi connectivity index (χ1n) is 6.49. The van der Waals surface area contributed by atoms with E-state index < -0.39 is 0 Å². The zero-order valence-electron chi connectivity index (χ0n) is 11.0. The Morgan fingerprint density at radius 1 is 1.32 bits per heavy atom. The number of nitrogens with zero attached hydrogens (tertiary/aromatic N) is 1. The predicted molar refractivity (Wildman–Crippen MR) is 79.6 cm³/mol. The third-order valence-electron chi connectivity index (χ3n) is 3.02. The average molecular weight is 278 g/mol. The number of nitrogens with one attached hydrogen (secondary N) is 1. The van der Waals surface area contributed by atoms with Gasteiger partial charge in [0.2, 0.25) is 0 Å². The molecule has 0 amide bonds. The van der Waals surface area contributed by atoms with Gasteiger partial charge >= 0.3 is 0 Å². The van der Waals surface area contributed by atoms with Gasteiger partial charge in [-0.05, 0) is 43.4 Å². The molecule has 1 aromatic rings. The fourth-order valence-corrected chi connectivity index (χ4v) is 2.26. The Morgan fingerprint density at radius 3 is 2.53 bits per heavy atom. The second kappa shape index (κ2) is 6.52. The second-order valence-electron chi connectivity index (χ2n) is 4.41. The molecule has 1 aliphatic heterocycles. The summed E-state index contributed by atoms with van der Waals surface area (Å²) < 4.78 is 5.39. The van der Waals surface area contributed by atoms with Gasteiger partial charge in [0.05, 0.1) is 6.61 Å². The molecule has 1 aliphatic rings. The van der Waals surface area contributed by atoms with Crippen molar-refractivity contribution in [3.05, 3.63) is 24.3 Å². The third kappa shape index (κ3) is 3.92. The van der Waals surface area contributed by atoms with Crippen LogP contribution in [-0.4, -0.2) is 35.5 Å². The first kappa shape index (κ1) is 13.8. The number of thiocarbonyl (C=S) groups is 1. The van der Waals surface area contributed by atoms with Crippen molar-refractivity contribution < 1.29 is 9.53 Å². The van der Waals surface area contributed by atoms with Crippen LogP contribution in [0.25, 0.3) is 0 Å². The molecule has 102 valence electrons. The highest BCUT2D eigenvalue weighted by molar-refractivity contribution is 7.80. The monoisotopic (exact) mass is 278 g/mol. The molecule has 2 rings (SSSR count). The largest absolute Gasteiger partial charge is 0.494 e. The van der Waals surface area contributed by atoms with Gasteiger partial charge in [0, 0.05) is 31.6 Å². The van der Waals surface area contributed by atoms with Gasteiger partial charge in [0.25, 0.3) is 0 Å². The van der Waals surface area contributed by atoms with E-state index in [1.165, 1.54) is 0 Å². The van der Waals surface area contributed by atoms with Crippen LogP contribution in [0.2, 0.25) is 0 Å². The van der Waals surface area contributed by atoms with Gasteiger partial charge < -0.3 is 15.0 Å². The summed E-state index contributed by atoms with van der Waals surface area (Å²) in [7, 11) is 0. The van der Waals surface area contributed by atoms with Gasteiger partial charge in [0.15, 0.2) is 5.11 Å². The van der Waals surface area contributed by atoms with Crippen molar-refractivity contribution in [3.63, 3.8) is 0 Å². The molecule has 4 nitrogen and oxygen atoms in total. The van der Waals surface area contributed by atoms with Gasteiger partial charge in [-0.15, -0.1) is 0 Å². The number of rotatable bonds is 3. The normalized spacial score (nSPS) is 15.2. The lowest BCUT2D eigenvalue weighted by Crippen LogP contribution is -2.40. The highest BCUT2D eigenvalue weighted by atomic mass is 32.1. The van der Waals surface area contributed by atoms with E-state index in [9.17, 15) is 4.79 Å². The number of ketones is 1. The Morgan fingerprint density at radius 2 is 1.95 bits per heavy atom. The summed E-state index contributed by atoms with van der Waals surface area (Å²) in [6, 6.07) is 7.70. The molecule has 5 heteroatoms. The highest BCUT2D eigenvalue weighted by Crippen LogP contribution is 2.16. The van der Waals surface area contributed by atoms with Gasteiger partial charge in [-0.2, -0.15) is 0 Å². The summed E-state index contributed by atoms with van der Waals surface area (Å²) >= 11 is 5.35. The quantitative estimate of drug-likeness (QED) is 0.860. The number of hydrogen-bond acceptors (Lipinski definition) is 3. The molecule has 19 heavy (non-hydrogen) atoms. The van der Waals surface area contributed by atoms with Crippen LogP contribution in [0.3, 0.4) is 0 Å². The third-order valence-corrected chi connectivity index (χ3v) is 3.39. The van der Waals surface area contributed by atoms with Gasteiger partial charge in [-0.3, -0.25) is 4.79 Å². The molecule has 0 radical (unpaired) electrons. The number of piperidine rings is 1. The fraction of sp³-hybridized carbons (Fsp3) is 0.429. The van der Waals surface area contributed by atoms with Gasteiger partial charge in [-0.1, -0.05) is 0 Å². The van der Waals surface area contributed by atoms with E-state index >= 15 is 0 Å². The molecule has 1 saturated heterocycles. The number of hydrogen-bond donors (Lipinski definition) is 1. The summed E-state index contributed by atoms with van der Waals surface area (Å²) in [5.41, 5.74) is 0.936. The van der Waals surface area contributed by atoms with Crippen LogP contribution < -0.4 is 10.1 Å². The van der Waals surface area contributed by atoms with E-state index in [0.717, 1.165) is 11.4 Å². The number of carbonyl (C=O) groups excluding carboxylic acids is 1. The van der Waals surface area contributed by atoms with Crippen molar-refractivity contribution in [2.24, 2.45) is 0 Å². The summed E-state index contributed by atoms with van der Waals surface area (Å²) in [5, 5.41) is 3.86. The van der Waals surface area contributed by atoms with Crippen LogP contribution >= 0.6 is 12.2 Å². The number of ether oxygens (including phenoxy) is 1. The lowest BCUT2D eigenvalue weighted by atomic mass is 10.1. The molecule has 0 saturated carbocycles. The van der Waals surface area contributed by atoms with Crippen LogP contribution in [0.4, 0.5) is 5.69 Å². The molecular weight excluding hydrogens is 260 g/mol. The lowest BCUT2D eigenvalue weighted by molar-refractivity contribution is -0.120. The molecule has 0 atom stereocenters. The Kier molecular flexibility index (Phi) is 4.74. The van der Waals surface area contributed by atoms with E-state index in [1.807, 2.05) is 36.1 Å². The SMILES string of the molecule is CCOc1ccc(NC(=S)N2CCC(=O)CC2)cc1. The Bertz CT molecular complexity index is 449. The Labute approximate surface area is 118 Å². The van der Waals surface area contributed by atoms with Crippen LogP contribution in [0.15, 0.2) is 24.3 Å². The van der Waals surface area contributed by atoms with E-state index in [0.29, 0.717) is 43.4 Å². The number of carbonyl (C=O) groups is 1. The number of anilines is 1. The van der Waals surface area contributed by atoms with E-state index in [1.54, 1.807) is 0 Å². The molecule has 0 spiro atoms. The van der Waals surface area contributed by atoms with Crippen molar-refractivity contribution >= 4 is 28.8 Å². The van der Waals surface area contributed by atoms with Crippen molar-refractivity contribution in [1.29, 1.82) is 0 Å². The maximum Gasteiger partial charge on any atom is 0.173 e. The topological polar surface area (TPSA) is 41.6 Å². The summed E-state index contributed by atoms with van der Waals surface area (Å²) in [5.74, 6) is 1.17. The van der Waals surface area contributed by atoms with Crippen LogP contribution in [0, 0.1) is 0 Å². The second-order valence-corrected chi connectivity index (χ2v) is 4.80.